The number of fused-ring (bicyclic) bond motifs is 1. The maximum atomic E-state index is 6.05. The molecule has 2 N–H and O–H groups in total. The molecule has 18 heavy (non-hydrogen) atoms. The van der Waals surface area contributed by atoms with Gasteiger partial charge in [-0.1, -0.05) is 6.07 Å². The summed E-state index contributed by atoms with van der Waals surface area (Å²) >= 11 is 0. The molecule has 1 spiro atoms. The van der Waals surface area contributed by atoms with Crippen molar-refractivity contribution in [2.45, 2.75) is 31.1 Å². The van der Waals surface area contributed by atoms with Gasteiger partial charge in [0.2, 0.25) is 0 Å². The molecule has 96 valence electrons. The van der Waals surface area contributed by atoms with Crippen molar-refractivity contribution in [1.29, 1.82) is 0 Å². The number of benzene rings is 1. The molecule has 0 aromatic heterocycles. The molecule has 3 aliphatic rings. The largest absolute Gasteiger partial charge is 0.486 e. The second-order valence-corrected chi connectivity index (χ2v) is 6.20. The molecule has 0 radical (unpaired) electrons. The summed E-state index contributed by atoms with van der Waals surface area (Å²) in [5.41, 5.74) is 8.25. The Morgan fingerprint density at radius 1 is 1.06 bits per heavy atom. The van der Waals surface area contributed by atoms with Gasteiger partial charge in [-0.25, -0.2) is 0 Å². The number of ether oxygens (including phenoxy) is 2. The van der Waals surface area contributed by atoms with Gasteiger partial charge in [-0.3, -0.25) is 0 Å². The van der Waals surface area contributed by atoms with E-state index >= 15 is 0 Å². The van der Waals surface area contributed by atoms with Crippen LogP contribution < -0.4 is 15.2 Å². The maximum absolute atomic E-state index is 6.05. The van der Waals surface area contributed by atoms with Crippen molar-refractivity contribution >= 4 is 0 Å². The van der Waals surface area contributed by atoms with E-state index in [1.165, 1.54) is 31.2 Å². The molecule has 3 heteroatoms. The van der Waals surface area contributed by atoms with E-state index in [0.717, 1.165) is 18.0 Å². The lowest BCUT2D eigenvalue weighted by Gasteiger charge is -2.49. The highest BCUT2D eigenvalue weighted by Crippen LogP contribution is 2.68. The smallest absolute Gasteiger partial charge is 0.161 e. The standard InChI is InChI=1S/C15H19NO2/c16-10-15(8-14(9-15)3-4-14)11-1-2-12-13(7-11)18-6-5-17-12/h1-2,7H,3-6,8-10,16H2. The molecule has 0 atom stereocenters. The summed E-state index contributed by atoms with van der Waals surface area (Å²) in [5.74, 6) is 1.76. The van der Waals surface area contributed by atoms with Crippen LogP contribution in [0.1, 0.15) is 31.2 Å². The lowest BCUT2D eigenvalue weighted by atomic mass is 9.56. The van der Waals surface area contributed by atoms with Crippen molar-refractivity contribution in [3.05, 3.63) is 23.8 Å². The Hall–Kier alpha value is -1.22. The van der Waals surface area contributed by atoms with Gasteiger partial charge < -0.3 is 15.2 Å². The topological polar surface area (TPSA) is 44.5 Å². The van der Waals surface area contributed by atoms with E-state index in [4.69, 9.17) is 15.2 Å². The van der Waals surface area contributed by atoms with Crippen LogP contribution in [-0.2, 0) is 5.41 Å². The van der Waals surface area contributed by atoms with Crippen molar-refractivity contribution in [1.82, 2.24) is 0 Å². The SMILES string of the molecule is NCC1(c2ccc3c(c2)OCCO3)CC2(CC2)C1. The Balaban J connectivity index is 1.67. The van der Waals surface area contributed by atoms with Crippen molar-refractivity contribution in [3.8, 4) is 11.5 Å². The minimum Gasteiger partial charge on any atom is -0.486 e. The Labute approximate surface area is 107 Å². The van der Waals surface area contributed by atoms with Crippen LogP contribution in [-0.4, -0.2) is 19.8 Å². The van der Waals surface area contributed by atoms with Crippen LogP contribution >= 0.6 is 0 Å². The summed E-state index contributed by atoms with van der Waals surface area (Å²) in [6.07, 6.45) is 5.32. The first-order chi connectivity index (χ1) is 8.75. The molecular weight excluding hydrogens is 226 g/mol. The van der Waals surface area contributed by atoms with Crippen molar-refractivity contribution in [2.24, 2.45) is 11.1 Å². The highest BCUT2D eigenvalue weighted by Gasteiger charge is 2.60. The first-order valence-electron chi connectivity index (χ1n) is 6.86. The molecule has 0 unspecified atom stereocenters. The molecule has 4 rings (SSSR count). The van der Waals surface area contributed by atoms with Gasteiger partial charge in [0.25, 0.3) is 0 Å². The monoisotopic (exact) mass is 245 g/mol. The summed E-state index contributed by atoms with van der Waals surface area (Å²) in [6, 6.07) is 6.37. The zero-order valence-corrected chi connectivity index (χ0v) is 10.6. The summed E-state index contributed by atoms with van der Waals surface area (Å²) < 4.78 is 11.2. The quantitative estimate of drug-likeness (QED) is 0.869. The molecule has 1 heterocycles. The Morgan fingerprint density at radius 3 is 2.44 bits per heavy atom. The normalized spacial score (nSPS) is 25.6. The van der Waals surface area contributed by atoms with Gasteiger partial charge in [0.15, 0.2) is 11.5 Å². The molecule has 2 saturated carbocycles. The Bertz CT molecular complexity index is 485. The second kappa shape index (κ2) is 3.41. The third-order valence-corrected chi connectivity index (χ3v) is 4.93. The number of hydrogen-bond donors (Lipinski definition) is 1. The minimum absolute atomic E-state index is 0.201. The third kappa shape index (κ3) is 1.40. The maximum Gasteiger partial charge on any atom is 0.161 e. The van der Waals surface area contributed by atoms with Gasteiger partial charge in [0.05, 0.1) is 0 Å². The summed E-state index contributed by atoms with van der Waals surface area (Å²) in [5, 5.41) is 0. The number of nitrogens with two attached hydrogens (primary N) is 1. The Kier molecular flexibility index (Phi) is 2.03. The fourth-order valence-electron chi connectivity index (χ4n) is 3.75. The first-order valence-corrected chi connectivity index (χ1v) is 6.86. The number of hydrogen-bond acceptors (Lipinski definition) is 3. The lowest BCUT2D eigenvalue weighted by Crippen LogP contribution is -2.48. The molecule has 3 nitrogen and oxygen atoms in total. The first kappa shape index (κ1) is 10.7. The molecule has 0 bridgehead atoms. The predicted molar refractivity (Wildman–Crippen MR) is 69.1 cm³/mol. The molecule has 0 saturated heterocycles. The van der Waals surface area contributed by atoms with Crippen LogP contribution in [0.25, 0.3) is 0 Å². The Morgan fingerprint density at radius 2 is 1.78 bits per heavy atom. The third-order valence-electron chi connectivity index (χ3n) is 4.93. The van der Waals surface area contributed by atoms with Crippen molar-refractivity contribution < 1.29 is 9.47 Å². The lowest BCUT2D eigenvalue weighted by molar-refractivity contribution is 0.124. The van der Waals surface area contributed by atoms with Crippen molar-refractivity contribution in [3.63, 3.8) is 0 Å². The van der Waals surface area contributed by atoms with Crippen LogP contribution in [0.4, 0.5) is 0 Å². The van der Waals surface area contributed by atoms with E-state index < -0.39 is 0 Å². The van der Waals surface area contributed by atoms with Crippen LogP contribution in [0.5, 0.6) is 11.5 Å². The van der Waals surface area contributed by atoms with E-state index in [1.807, 2.05) is 6.07 Å². The predicted octanol–water partition coefficient (Wildman–Crippen LogP) is 2.23. The summed E-state index contributed by atoms with van der Waals surface area (Å²) in [4.78, 5) is 0. The average molecular weight is 245 g/mol. The highest BCUT2D eigenvalue weighted by atomic mass is 16.6. The van der Waals surface area contributed by atoms with Crippen LogP contribution in [0.2, 0.25) is 0 Å². The fraction of sp³-hybridized carbons (Fsp3) is 0.600. The van der Waals surface area contributed by atoms with E-state index in [2.05, 4.69) is 12.1 Å². The van der Waals surface area contributed by atoms with E-state index in [-0.39, 0.29) is 5.41 Å². The molecule has 2 fully saturated rings. The highest BCUT2D eigenvalue weighted by molar-refractivity contribution is 5.47. The van der Waals surface area contributed by atoms with Crippen LogP contribution in [0, 0.1) is 5.41 Å². The van der Waals surface area contributed by atoms with Gasteiger partial charge in [0, 0.05) is 12.0 Å². The van der Waals surface area contributed by atoms with Gasteiger partial charge in [-0.05, 0) is 48.8 Å². The van der Waals surface area contributed by atoms with Gasteiger partial charge in [-0.15, -0.1) is 0 Å². The fourth-order valence-corrected chi connectivity index (χ4v) is 3.75. The van der Waals surface area contributed by atoms with Gasteiger partial charge in [-0.2, -0.15) is 0 Å². The molecular formula is C15H19NO2. The summed E-state index contributed by atoms with van der Waals surface area (Å²) in [6.45, 7) is 2.04. The van der Waals surface area contributed by atoms with Crippen molar-refractivity contribution in [2.75, 3.05) is 19.8 Å². The zero-order chi connectivity index (χ0) is 12.2. The van der Waals surface area contributed by atoms with E-state index in [0.29, 0.717) is 18.6 Å². The molecule has 0 amide bonds. The van der Waals surface area contributed by atoms with E-state index in [1.54, 1.807) is 0 Å². The van der Waals surface area contributed by atoms with Crippen LogP contribution in [0.3, 0.4) is 0 Å². The van der Waals surface area contributed by atoms with E-state index in [9.17, 15) is 0 Å². The van der Waals surface area contributed by atoms with Crippen LogP contribution in [0.15, 0.2) is 18.2 Å². The minimum atomic E-state index is 0.201. The molecule has 1 aliphatic heterocycles. The molecule has 1 aromatic carbocycles. The molecule has 2 aliphatic carbocycles. The average Bonchev–Trinajstić information content (AvgIpc) is 3.16. The second-order valence-electron chi connectivity index (χ2n) is 6.20. The van der Waals surface area contributed by atoms with Gasteiger partial charge >= 0.3 is 0 Å². The number of rotatable bonds is 2. The molecule has 1 aromatic rings. The summed E-state index contributed by atoms with van der Waals surface area (Å²) in [7, 11) is 0. The van der Waals surface area contributed by atoms with Gasteiger partial charge in [0.1, 0.15) is 13.2 Å². The zero-order valence-electron chi connectivity index (χ0n) is 10.6.